The van der Waals surface area contributed by atoms with Crippen LogP contribution in [0.25, 0.3) is 5.65 Å². The molecular formula is C13H19N5O2. The van der Waals surface area contributed by atoms with E-state index in [0.717, 1.165) is 19.3 Å². The maximum Gasteiger partial charge on any atom is 0.348 e. The van der Waals surface area contributed by atoms with Crippen LogP contribution in [0.5, 0.6) is 0 Å². The first-order chi connectivity index (χ1) is 9.56. The molecule has 1 fully saturated rings. The van der Waals surface area contributed by atoms with Crippen LogP contribution in [0.3, 0.4) is 0 Å². The summed E-state index contributed by atoms with van der Waals surface area (Å²) >= 11 is 0. The first-order valence-electron chi connectivity index (χ1n) is 6.95. The fourth-order valence-electron chi connectivity index (χ4n) is 2.95. The van der Waals surface area contributed by atoms with Crippen LogP contribution in [0.4, 0.5) is 5.82 Å². The van der Waals surface area contributed by atoms with E-state index in [0.29, 0.717) is 23.9 Å². The van der Waals surface area contributed by atoms with Gasteiger partial charge in [-0.05, 0) is 18.8 Å². The first kappa shape index (κ1) is 13.1. The van der Waals surface area contributed by atoms with E-state index in [-0.39, 0.29) is 5.69 Å². The Kier molecular flexibility index (Phi) is 3.21. The molecule has 1 saturated carbocycles. The molecule has 0 radical (unpaired) electrons. The number of hydrogen-bond donors (Lipinski definition) is 3. The number of anilines is 1. The summed E-state index contributed by atoms with van der Waals surface area (Å²) < 4.78 is 1.34. The molecule has 3 rings (SSSR count). The number of H-pyrrole nitrogens is 1. The van der Waals surface area contributed by atoms with Crippen LogP contribution < -0.4 is 11.0 Å². The van der Waals surface area contributed by atoms with E-state index in [4.69, 9.17) is 0 Å². The molecule has 20 heavy (non-hydrogen) atoms. The van der Waals surface area contributed by atoms with Gasteiger partial charge in [-0.1, -0.05) is 19.8 Å². The molecule has 2 atom stereocenters. The van der Waals surface area contributed by atoms with Crippen LogP contribution in [0.1, 0.15) is 32.6 Å². The molecule has 1 aliphatic rings. The molecule has 0 aromatic carbocycles. The van der Waals surface area contributed by atoms with Crippen LogP contribution in [0.2, 0.25) is 0 Å². The van der Waals surface area contributed by atoms with E-state index in [1.54, 1.807) is 6.07 Å². The van der Waals surface area contributed by atoms with Gasteiger partial charge in [0.1, 0.15) is 12.1 Å². The summed E-state index contributed by atoms with van der Waals surface area (Å²) in [6, 6.07) is 1.69. The second kappa shape index (κ2) is 4.90. The summed E-state index contributed by atoms with van der Waals surface area (Å²) in [4.78, 5) is 15.5. The monoisotopic (exact) mass is 277 g/mol. The second-order valence-corrected chi connectivity index (χ2v) is 5.81. The van der Waals surface area contributed by atoms with Gasteiger partial charge in [0, 0.05) is 12.6 Å². The first-order valence-corrected chi connectivity index (χ1v) is 6.95. The lowest BCUT2D eigenvalue weighted by Crippen LogP contribution is -2.41. The van der Waals surface area contributed by atoms with Crippen LogP contribution in [-0.2, 0) is 0 Å². The zero-order valence-electron chi connectivity index (χ0n) is 11.5. The Bertz CT molecular complexity index is 664. The molecule has 0 spiro atoms. The molecule has 2 aromatic heterocycles. The molecule has 2 heterocycles. The lowest BCUT2D eigenvalue weighted by molar-refractivity contribution is -0.000827. The highest BCUT2D eigenvalue weighted by molar-refractivity contribution is 5.48. The standard InChI is InChI=1S/C13H19N5O2/c1-9-3-2-4-13(20,6-9)7-14-10-5-11-16-17-12(19)18(11)8-15-10/h5,8-9,14,20H,2-4,6-7H2,1H3,(H,17,19). The molecule has 7 heteroatoms. The number of fused-ring (bicyclic) bond motifs is 1. The normalized spacial score (nSPS) is 26.8. The van der Waals surface area contributed by atoms with Crippen LogP contribution >= 0.6 is 0 Å². The van der Waals surface area contributed by atoms with Gasteiger partial charge in [-0.2, -0.15) is 5.10 Å². The van der Waals surface area contributed by atoms with Crippen molar-refractivity contribution < 1.29 is 5.11 Å². The van der Waals surface area contributed by atoms with Gasteiger partial charge in [-0.25, -0.2) is 19.3 Å². The fourth-order valence-corrected chi connectivity index (χ4v) is 2.95. The van der Waals surface area contributed by atoms with Gasteiger partial charge < -0.3 is 10.4 Å². The number of rotatable bonds is 3. The summed E-state index contributed by atoms with van der Waals surface area (Å²) in [5.74, 6) is 1.17. The Hall–Kier alpha value is -1.89. The third-order valence-electron chi connectivity index (χ3n) is 3.98. The quantitative estimate of drug-likeness (QED) is 0.770. The third kappa shape index (κ3) is 2.53. The van der Waals surface area contributed by atoms with Gasteiger partial charge in [0.25, 0.3) is 0 Å². The highest BCUT2D eigenvalue weighted by atomic mass is 16.3. The zero-order chi connectivity index (χ0) is 14.2. The van der Waals surface area contributed by atoms with E-state index >= 15 is 0 Å². The van der Waals surface area contributed by atoms with Crippen molar-refractivity contribution in [2.24, 2.45) is 5.92 Å². The summed E-state index contributed by atoms with van der Waals surface area (Å²) in [7, 11) is 0. The van der Waals surface area contributed by atoms with Crippen molar-refractivity contribution in [2.45, 2.75) is 38.2 Å². The fraction of sp³-hybridized carbons (Fsp3) is 0.615. The van der Waals surface area contributed by atoms with Crippen molar-refractivity contribution in [1.82, 2.24) is 19.6 Å². The molecule has 7 nitrogen and oxygen atoms in total. The Balaban J connectivity index is 1.71. The van der Waals surface area contributed by atoms with Crippen molar-refractivity contribution in [3.63, 3.8) is 0 Å². The Morgan fingerprint density at radius 3 is 3.30 bits per heavy atom. The summed E-state index contributed by atoms with van der Waals surface area (Å²) in [5.41, 5.74) is -0.466. The van der Waals surface area contributed by atoms with Gasteiger partial charge in [0.15, 0.2) is 5.65 Å². The van der Waals surface area contributed by atoms with E-state index in [1.165, 1.54) is 17.1 Å². The molecule has 2 unspecified atom stereocenters. The number of aliphatic hydroxyl groups is 1. The summed E-state index contributed by atoms with van der Waals surface area (Å²) in [6.07, 6.45) is 5.29. The smallest absolute Gasteiger partial charge is 0.348 e. The maximum absolute atomic E-state index is 11.3. The minimum atomic E-state index is -0.670. The Morgan fingerprint density at radius 2 is 2.50 bits per heavy atom. The largest absolute Gasteiger partial charge is 0.388 e. The minimum absolute atomic E-state index is 0.307. The average Bonchev–Trinajstić information content (AvgIpc) is 2.78. The topological polar surface area (TPSA) is 95.3 Å². The van der Waals surface area contributed by atoms with Gasteiger partial charge >= 0.3 is 5.69 Å². The van der Waals surface area contributed by atoms with Gasteiger partial charge in [-0.3, -0.25) is 0 Å². The minimum Gasteiger partial charge on any atom is -0.388 e. The van der Waals surface area contributed by atoms with Crippen molar-refractivity contribution in [1.29, 1.82) is 0 Å². The van der Waals surface area contributed by atoms with E-state index < -0.39 is 5.60 Å². The predicted octanol–water partition coefficient (Wildman–Crippen LogP) is 0.771. The third-order valence-corrected chi connectivity index (χ3v) is 3.98. The lowest BCUT2D eigenvalue weighted by Gasteiger charge is -2.35. The van der Waals surface area contributed by atoms with E-state index in [1.807, 2.05) is 0 Å². The molecular weight excluding hydrogens is 258 g/mol. The second-order valence-electron chi connectivity index (χ2n) is 5.81. The van der Waals surface area contributed by atoms with Crippen molar-refractivity contribution in [3.05, 3.63) is 22.9 Å². The number of hydrogen-bond acceptors (Lipinski definition) is 5. The Labute approximate surface area is 116 Å². The number of aromatic amines is 1. The number of nitrogens with one attached hydrogen (secondary N) is 2. The average molecular weight is 277 g/mol. The van der Waals surface area contributed by atoms with Crippen molar-refractivity contribution >= 4 is 11.5 Å². The van der Waals surface area contributed by atoms with Gasteiger partial charge in [-0.15, -0.1) is 0 Å². The van der Waals surface area contributed by atoms with Crippen LogP contribution in [0.15, 0.2) is 17.2 Å². The van der Waals surface area contributed by atoms with Crippen LogP contribution in [-0.4, -0.2) is 36.8 Å². The predicted molar refractivity (Wildman–Crippen MR) is 74.7 cm³/mol. The van der Waals surface area contributed by atoms with Crippen molar-refractivity contribution in [3.8, 4) is 0 Å². The molecule has 0 aliphatic heterocycles. The molecule has 108 valence electrons. The van der Waals surface area contributed by atoms with E-state index in [9.17, 15) is 9.90 Å². The highest BCUT2D eigenvalue weighted by Gasteiger charge is 2.32. The highest BCUT2D eigenvalue weighted by Crippen LogP contribution is 2.32. The molecule has 1 aliphatic carbocycles. The summed E-state index contributed by atoms with van der Waals surface area (Å²) in [6.45, 7) is 2.64. The Morgan fingerprint density at radius 1 is 1.65 bits per heavy atom. The number of aromatic nitrogens is 4. The molecule has 0 amide bonds. The van der Waals surface area contributed by atoms with Gasteiger partial charge in [0.2, 0.25) is 0 Å². The number of nitrogens with zero attached hydrogens (tertiary/aromatic N) is 3. The molecule has 3 N–H and O–H groups in total. The molecule has 0 saturated heterocycles. The molecule has 2 aromatic rings. The van der Waals surface area contributed by atoms with E-state index in [2.05, 4.69) is 27.4 Å². The SMILES string of the molecule is CC1CCCC(O)(CNc2cc3n[nH]c(=O)n3cn2)C1. The maximum atomic E-state index is 11.3. The van der Waals surface area contributed by atoms with Crippen LogP contribution in [0, 0.1) is 5.92 Å². The zero-order valence-corrected chi connectivity index (χ0v) is 11.5. The molecule has 0 bridgehead atoms. The summed E-state index contributed by atoms with van der Waals surface area (Å²) in [5, 5.41) is 19.9. The lowest BCUT2D eigenvalue weighted by atomic mass is 9.79. The van der Waals surface area contributed by atoms with Crippen molar-refractivity contribution in [2.75, 3.05) is 11.9 Å². The van der Waals surface area contributed by atoms with Gasteiger partial charge in [0.05, 0.1) is 5.60 Å².